The summed E-state index contributed by atoms with van der Waals surface area (Å²) in [6.45, 7) is 2.84. The molecule has 0 unspecified atom stereocenters. The number of nitrogens with zero attached hydrogens (tertiary/aromatic N) is 4. The van der Waals surface area contributed by atoms with Crippen LogP contribution in [0.5, 0.6) is 0 Å². The minimum atomic E-state index is -0.487. The minimum absolute atomic E-state index is 0.0930. The van der Waals surface area contributed by atoms with Crippen LogP contribution in [0, 0.1) is 0 Å². The van der Waals surface area contributed by atoms with Gasteiger partial charge in [-0.1, -0.05) is 13.3 Å². The number of amides is 1. The van der Waals surface area contributed by atoms with Gasteiger partial charge in [-0.3, -0.25) is 14.0 Å². The van der Waals surface area contributed by atoms with Gasteiger partial charge in [0.2, 0.25) is 11.9 Å². The lowest BCUT2D eigenvalue weighted by atomic mass is 10.2. The van der Waals surface area contributed by atoms with Crippen LogP contribution in [0.2, 0.25) is 0 Å². The van der Waals surface area contributed by atoms with Crippen molar-refractivity contribution in [2.24, 2.45) is 12.8 Å². The molecule has 0 bridgehead atoms. The van der Waals surface area contributed by atoms with Crippen molar-refractivity contribution >= 4 is 23.0 Å². The van der Waals surface area contributed by atoms with E-state index < -0.39 is 5.91 Å². The summed E-state index contributed by atoms with van der Waals surface area (Å²) in [7, 11) is 1.86. The first-order valence-electron chi connectivity index (χ1n) is 6.58. The molecule has 0 aromatic carbocycles. The molecule has 1 amide bonds. The molecule has 2 rings (SSSR count). The first-order chi connectivity index (χ1) is 9.54. The number of anilines is 1. The third kappa shape index (κ3) is 2.74. The van der Waals surface area contributed by atoms with Crippen molar-refractivity contribution in [1.82, 2.24) is 19.3 Å². The predicted octanol–water partition coefficient (Wildman–Crippen LogP) is -0.194. The Morgan fingerprint density at radius 2 is 2.20 bits per heavy atom. The maximum atomic E-state index is 10.6. The standard InChI is InChI=1S/C12H20N6O2/c1-3-4-8-10-11(17(2)16-8)18(12(14)15-10)5-6-20-7-9(13)19/h3-7H2,1-2H3,(H2,13,19)(H2,14,15). The second-order valence-corrected chi connectivity index (χ2v) is 4.63. The van der Waals surface area contributed by atoms with E-state index in [0.29, 0.717) is 19.1 Å². The zero-order valence-electron chi connectivity index (χ0n) is 11.8. The zero-order valence-corrected chi connectivity index (χ0v) is 11.8. The number of carbonyl (C=O) groups is 1. The third-order valence-electron chi connectivity index (χ3n) is 3.01. The van der Waals surface area contributed by atoms with Gasteiger partial charge in [-0.15, -0.1) is 0 Å². The molecule has 0 saturated heterocycles. The number of aryl methyl sites for hydroxylation is 2. The summed E-state index contributed by atoms with van der Waals surface area (Å²) in [6.07, 6.45) is 1.87. The van der Waals surface area contributed by atoms with Gasteiger partial charge in [-0.05, 0) is 6.42 Å². The molecule has 0 radical (unpaired) electrons. The van der Waals surface area contributed by atoms with Gasteiger partial charge >= 0.3 is 0 Å². The maximum Gasteiger partial charge on any atom is 0.243 e. The van der Waals surface area contributed by atoms with Crippen LogP contribution in [0.3, 0.4) is 0 Å². The Hall–Kier alpha value is -2.09. The topological polar surface area (TPSA) is 114 Å². The fraction of sp³-hybridized carbons (Fsp3) is 0.583. The van der Waals surface area contributed by atoms with Crippen molar-refractivity contribution < 1.29 is 9.53 Å². The van der Waals surface area contributed by atoms with Crippen molar-refractivity contribution in [3.63, 3.8) is 0 Å². The lowest BCUT2D eigenvalue weighted by Gasteiger charge is -2.06. The number of rotatable bonds is 7. The number of nitrogens with two attached hydrogens (primary N) is 2. The van der Waals surface area contributed by atoms with Gasteiger partial charge in [-0.2, -0.15) is 5.10 Å². The van der Waals surface area contributed by atoms with E-state index in [2.05, 4.69) is 17.0 Å². The van der Waals surface area contributed by atoms with Gasteiger partial charge in [0.05, 0.1) is 18.8 Å². The van der Waals surface area contributed by atoms with Crippen molar-refractivity contribution in [1.29, 1.82) is 0 Å². The minimum Gasteiger partial charge on any atom is -0.370 e. The van der Waals surface area contributed by atoms with Crippen molar-refractivity contribution in [2.75, 3.05) is 18.9 Å². The van der Waals surface area contributed by atoms with E-state index in [-0.39, 0.29) is 6.61 Å². The summed E-state index contributed by atoms with van der Waals surface area (Å²) in [5.74, 6) is -0.0625. The molecule has 110 valence electrons. The number of fused-ring (bicyclic) bond motifs is 1. The highest BCUT2D eigenvalue weighted by Gasteiger charge is 2.17. The largest absolute Gasteiger partial charge is 0.370 e. The number of ether oxygens (including phenoxy) is 1. The smallest absolute Gasteiger partial charge is 0.243 e. The summed E-state index contributed by atoms with van der Waals surface area (Å²) >= 11 is 0. The van der Waals surface area contributed by atoms with Gasteiger partial charge in [-0.25, -0.2) is 4.98 Å². The lowest BCUT2D eigenvalue weighted by Crippen LogP contribution is -2.20. The highest BCUT2D eigenvalue weighted by molar-refractivity contribution is 5.77. The second kappa shape index (κ2) is 5.91. The van der Waals surface area contributed by atoms with E-state index in [0.717, 1.165) is 29.7 Å². The normalized spacial score (nSPS) is 11.3. The van der Waals surface area contributed by atoms with Gasteiger partial charge in [0.25, 0.3) is 0 Å². The number of hydrogen-bond acceptors (Lipinski definition) is 5. The van der Waals surface area contributed by atoms with Crippen LogP contribution in [0.15, 0.2) is 0 Å². The summed E-state index contributed by atoms with van der Waals surface area (Å²) in [4.78, 5) is 15.0. The lowest BCUT2D eigenvalue weighted by molar-refractivity contribution is -0.122. The fourth-order valence-electron chi connectivity index (χ4n) is 2.21. The molecule has 8 nitrogen and oxygen atoms in total. The first kappa shape index (κ1) is 14.3. The maximum absolute atomic E-state index is 10.6. The van der Waals surface area contributed by atoms with Gasteiger partial charge < -0.3 is 16.2 Å². The van der Waals surface area contributed by atoms with Gasteiger partial charge in [0.15, 0.2) is 5.65 Å². The number of hydrogen-bond donors (Lipinski definition) is 2. The highest BCUT2D eigenvalue weighted by Crippen LogP contribution is 2.21. The molecular formula is C12H20N6O2. The van der Waals surface area contributed by atoms with Crippen LogP contribution < -0.4 is 11.5 Å². The molecule has 0 spiro atoms. The Morgan fingerprint density at radius 1 is 1.45 bits per heavy atom. The molecule has 0 atom stereocenters. The van der Waals surface area contributed by atoms with Crippen LogP contribution in [-0.4, -0.2) is 38.5 Å². The van der Waals surface area contributed by atoms with E-state index in [1.165, 1.54) is 0 Å². The van der Waals surface area contributed by atoms with E-state index in [1.807, 2.05) is 11.6 Å². The number of primary amides is 1. The Bertz CT molecular complexity index is 615. The molecular weight excluding hydrogens is 260 g/mol. The predicted molar refractivity (Wildman–Crippen MR) is 74.9 cm³/mol. The molecule has 0 saturated carbocycles. The van der Waals surface area contributed by atoms with Crippen LogP contribution in [0.25, 0.3) is 11.2 Å². The Morgan fingerprint density at radius 3 is 2.85 bits per heavy atom. The molecule has 4 N–H and O–H groups in total. The summed E-state index contributed by atoms with van der Waals surface area (Å²) in [6, 6.07) is 0. The van der Waals surface area contributed by atoms with Crippen molar-refractivity contribution in [2.45, 2.75) is 26.3 Å². The average Bonchev–Trinajstić information content (AvgIpc) is 2.85. The van der Waals surface area contributed by atoms with E-state index >= 15 is 0 Å². The van der Waals surface area contributed by atoms with Crippen molar-refractivity contribution in [3.8, 4) is 0 Å². The molecule has 2 aromatic rings. The summed E-state index contributed by atoms with van der Waals surface area (Å²) < 4.78 is 8.77. The molecule has 2 heterocycles. The van der Waals surface area contributed by atoms with E-state index in [4.69, 9.17) is 16.2 Å². The SMILES string of the molecule is CCCc1nn(C)c2c1nc(N)n2CCOCC(N)=O. The van der Waals surface area contributed by atoms with Crippen LogP contribution in [0.1, 0.15) is 19.0 Å². The quantitative estimate of drug-likeness (QED) is 0.682. The molecule has 0 fully saturated rings. The van der Waals surface area contributed by atoms with Gasteiger partial charge in [0, 0.05) is 7.05 Å². The molecule has 8 heteroatoms. The van der Waals surface area contributed by atoms with Crippen LogP contribution in [0.4, 0.5) is 5.95 Å². The average molecular weight is 280 g/mol. The van der Waals surface area contributed by atoms with Crippen LogP contribution in [-0.2, 0) is 29.5 Å². The summed E-state index contributed by atoms with van der Waals surface area (Å²) in [5, 5.41) is 4.46. The fourth-order valence-corrected chi connectivity index (χ4v) is 2.21. The molecule has 0 aliphatic carbocycles. The van der Waals surface area contributed by atoms with E-state index in [9.17, 15) is 4.79 Å². The van der Waals surface area contributed by atoms with Crippen LogP contribution >= 0.6 is 0 Å². The molecule has 20 heavy (non-hydrogen) atoms. The zero-order chi connectivity index (χ0) is 14.7. The van der Waals surface area contributed by atoms with Crippen molar-refractivity contribution in [3.05, 3.63) is 5.69 Å². The molecule has 0 aliphatic rings. The second-order valence-electron chi connectivity index (χ2n) is 4.63. The number of carbonyl (C=O) groups excluding carboxylic acids is 1. The van der Waals surface area contributed by atoms with E-state index in [1.54, 1.807) is 4.68 Å². The third-order valence-corrected chi connectivity index (χ3v) is 3.01. The number of imidazole rings is 1. The Labute approximate surface area is 116 Å². The first-order valence-corrected chi connectivity index (χ1v) is 6.58. The number of aromatic nitrogens is 4. The van der Waals surface area contributed by atoms with Gasteiger partial charge in [0.1, 0.15) is 12.1 Å². The summed E-state index contributed by atoms with van der Waals surface area (Å²) in [5.41, 5.74) is 13.6. The number of nitrogen functional groups attached to an aromatic ring is 1. The molecule has 2 aromatic heterocycles. The molecule has 0 aliphatic heterocycles. The Balaban J connectivity index is 2.20. The highest BCUT2D eigenvalue weighted by atomic mass is 16.5. The monoisotopic (exact) mass is 280 g/mol. The Kier molecular flexibility index (Phi) is 4.23.